The SMILES string of the molecule is Cc1cc(C(F)(F)F)cc(N2C(O)N(CCOS(N)(=O)=O)C[C@H]2C(=O)N(C)c2ccc(F)c(Cl)c2F)n1. The summed E-state index contributed by atoms with van der Waals surface area (Å²) in [6.07, 6.45) is -6.55. The molecule has 1 aliphatic rings. The number of aliphatic hydroxyl groups is 1. The normalized spacial score (nSPS) is 18.9. The van der Waals surface area contributed by atoms with Crippen molar-refractivity contribution in [3.63, 3.8) is 0 Å². The highest BCUT2D eigenvalue weighted by molar-refractivity contribution is 7.84. The second kappa shape index (κ2) is 10.6. The van der Waals surface area contributed by atoms with E-state index in [0.717, 1.165) is 39.9 Å². The second-order valence-corrected chi connectivity index (χ2v) is 9.62. The van der Waals surface area contributed by atoms with Crippen molar-refractivity contribution in [1.82, 2.24) is 9.88 Å². The zero-order chi connectivity index (χ0) is 27.9. The highest BCUT2D eigenvalue weighted by Crippen LogP contribution is 2.35. The number of alkyl halides is 3. The van der Waals surface area contributed by atoms with E-state index in [4.69, 9.17) is 16.7 Å². The van der Waals surface area contributed by atoms with Crippen LogP contribution in [0.3, 0.4) is 0 Å². The second-order valence-electron chi connectivity index (χ2n) is 8.02. The van der Waals surface area contributed by atoms with Crippen molar-refractivity contribution in [3.05, 3.63) is 52.2 Å². The van der Waals surface area contributed by atoms with Gasteiger partial charge < -0.3 is 14.9 Å². The van der Waals surface area contributed by atoms with Gasteiger partial charge in [-0.1, -0.05) is 11.6 Å². The summed E-state index contributed by atoms with van der Waals surface area (Å²) in [4.78, 5) is 20.2. The fourth-order valence-corrected chi connectivity index (χ4v) is 4.22. The Bertz CT molecular complexity index is 1300. The fraction of sp³-hybridized carbons (Fsp3) is 0.400. The molecule has 1 fully saturated rings. The Morgan fingerprint density at radius 3 is 2.57 bits per heavy atom. The molecule has 3 N–H and O–H groups in total. The minimum Gasteiger partial charge on any atom is -0.361 e. The number of amides is 1. The molecular formula is C20H21ClF5N5O5S. The van der Waals surface area contributed by atoms with Crippen LogP contribution in [-0.4, -0.2) is 68.5 Å². The zero-order valence-electron chi connectivity index (χ0n) is 19.2. The minimum atomic E-state index is -4.78. The molecule has 3 rings (SSSR count). The molecule has 0 spiro atoms. The molecule has 37 heavy (non-hydrogen) atoms. The van der Waals surface area contributed by atoms with Crippen molar-refractivity contribution in [2.75, 3.05) is 36.5 Å². The van der Waals surface area contributed by atoms with Gasteiger partial charge in [-0.2, -0.15) is 21.6 Å². The van der Waals surface area contributed by atoms with Gasteiger partial charge in [0.1, 0.15) is 22.7 Å². The molecule has 2 heterocycles. The van der Waals surface area contributed by atoms with E-state index in [-0.39, 0.29) is 18.8 Å². The van der Waals surface area contributed by atoms with Crippen molar-refractivity contribution < 1.29 is 44.5 Å². The number of nitrogens with zero attached hydrogens (tertiary/aromatic N) is 4. The molecule has 204 valence electrons. The third kappa shape index (κ3) is 6.45. The number of aliphatic hydroxyl groups excluding tert-OH is 1. The number of hydrogen-bond acceptors (Lipinski definition) is 8. The van der Waals surface area contributed by atoms with Crippen LogP contribution in [0.15, 0.2) is 24.3 Å². The molecule has 10 nitrogen and oxygen atoms in total. The Labute approximate surface area is 213 Å². The monoisotopic (exact) mass is 573 g/mol. The first-order valence-corrected chi connectivity index (χ1v) is 12.2. The van der Waals surface area contributed by atoms with Gasteiger partial charge in [-0.25, -0.2) is 18.9 Å². The summed E-state index contributed by atoms with van der Waals surface area (Å²) in [6.45, 7) is 0.0254. The Morgan fingerprint density at radius 1 is 1.32 bits per heavy atom. The van der Waals surface area contributed by atoms with Gasteiger partial charge in [0.25, 0.3) is 5.91 Å². The standard InChI is InChI=1S/C20H21ClF5N5O5S/c1-10-7-11(20(24,25)26)8-15(28-10)31-14(9-30(19(31)33)5-6-36-37(27,34)35)18(32)29(2)13-4-3-12(22)16(21)17(13)23/h3-4,7-8,14,19,33H,5-6,9H2,1-2H3,(H2,27,34,35)/t14-,19?/m0/s1. The maximum absolute atomic E-state index is 14.6. The number of carbonyl (C=O) groups excluding carboxylic acids is 1. The van der Waals surface area contributed by atoms with Crippen LogP contribution < -0.4 is 14.9 Å². The van der Waals surface area contributed by atoms with E-state index in [1.54, 1.807) is 0 Å². The van der Waals surface area contributed by atoms with Crippen molar-refractivity contribution in [3.8, 4) is 0 Å². The van der Waals surface area contributed by atoms with Crippen molar-refractivity contribution in [2.24, 2.45) is 5.14 Å². The Hall–Kier alpha value is -2.63. The molecule has 1 amide bonds. The average molecular weight is 574 g/mol. The van der Waals surface area contributed by atoms with Crippen LogP contribution in [0.2, 0.25) is 5.02 Å². The van der Waals surface area contributed by atoms with E-state index in [1.807, 2.05) is 0 Å². The highest BCUT2D eigenvalue weighted by atomic mass is 35.5. The quantitative estimate of drug-likeness (QED) is 0.380. The lowest BCUT2D eigenvalue weighted by molar-refractivity contribution is -0.137. The predicted molar refractivity (Wildman–Crippen MR) is 122 cm³/mol. The molecule has 1 aromatic heterocycles. The smallest absolute Gasteiger partial charge is 0.361 e. The molecule has 0 aliphatic carbocycles. The number of halogens is 6. The number of nitrogens with two attached hydrogens (primary N) is 1. The van der Waals surface area contributed by atoms with Gasteiger partial charge in [-0.05, 0) is 31.2 Å². The summed E-state index contributed by atoms with van der Waals surface area (Å²) in [5, 5.41) is 14.8. The molecule has 0 saturated carbocycles. The minimum absolute atomic E-state index is 0.0797. The van der Waals surface area contributed by atoms with Crippen molar-refractivity contribution in [1.29, 1.82) is 0 Å². The third-order valence-electron chi connectivity index (χ3n) is 5.47. The third-order valence-corrected chi connectivity index (χ3v) is 6.31. The van der Waals surface area contributed by atoms with Gasteiger partial charge in [0.15, 0.2) is 12.2 Å². The molecule has 0 radical (unpaired) electrons. The predicted octanol–water partition coefficient (Wildman–Crippen LogP) is 1.99. The summed E-state index contributed by atoms with van der Waals surface area (Å²) in [6, 6.07) is 1.70. The molecule has 1 aliphatic heterocycles. The maximum Gasteiger partial charge on any atom is 0.416 e. The first-order chi connectivity index (χ1) is 17.0. The first-order valence-electron chi connectivity index (χ1n) is 10.4. The summed E-state index contributed by atoms with van der Waals surface area (Å²) >= 11 is 5.60. The maximum atomic E-state index is 14.6. The zero-order valence-corrected chi connectivity index (χ0v) is 20.8. The lowest BCUT2D eigenvalue weighted by Crippen LogP contribution is -2.49. The van der Waals surface area contributed by atoms with Crippen LogP contribution in [0.1, 0.15) is 11.3 Å². The van der Waals surface area contributed by atoms with E-state index in [1.165, 1.54) is 6.92 Å². The van der Waals surface area contributed by atoms with Gasteiger partial charge in [-0.15, -0.1) is 0 Å². The van der Waals surface area contributed by atoms with E-state index in [0.29, 0.717) is 6.07 Å². The lowest BCUT2D eigenvalue weighted by atomic mass is 10.1. The van der Waals surface area contributed by atoms with Crippen molar-refractivity contribution >= 4 is 39.3 Å². The van der Waals surface area contributed by atoms with Gasteiger partial charge in [0.05, 0.1) is 17.9 Å². The highest BCUT2D eigenvalue weighted by Gasteiger charge is 2.45. The summed E-state index contributed by atoms with van der Waals surface area (Å²) < 4.78 is 95.1. The van der Waals surface area contributed by atoms with E-state index in [2.05, 4.69) is 9.17 Å². The molecule has 17 heteroatoms. The van der Waals surface area contributed by atoms with Crippen molar-refractivity contribution in [2.45, 2.75) is 25.5 Å². The molecule has 1 saturated heterocycles. The topological polar surface area (TPSA) is 129 Å². The number of benzene rings is 1. The van der Waals surface area contributed by atoms with E-state index >= 15 is 0 Å². The summed E-state index contributed by atoms with van der Waals surface area (Å²) in [5.74, 6) is -3.69. The molecule has 2 aromatic rings. The number of rotatable bonds is 7. The van der Waals surface area contributed by atoms with Crippen LogP contribution in [0, 0.1) is 18.6 Å². The fourth-order valence-electron chi connectivity index (χ4n) is 3.76. The number of carbonyl (C=O) groups is 1. The molecule has 1 unspecified atom stereocenters. The van der Waals surface area contributed by atoms with E-state index in [9.17, 15) is 40.3 Å². The summed E-state index contributed by atoms with van der Waals surface area (Å²) in [7, 11) is -3.22. The first kappa shape index (κ1) is 28.9. The molecule has 0 bridgehead atoms. The average Bonchev–Trinajstić information content (AvgIpc) is 3.11. The van der Waals surface area contributed by atoms with Crippen LogP contribution in [0.4, 0.5) is 33.5 Å². The van der Waals surface area contributed by atoms with Crippen LogP contribution in [0.25, 0.3) is 0 Å². The number of anilines is 2. The number of aryl methyl sites for hydroxylation is 1. The molecular weight excluding hydrogens is 553 g/mol. The Balaban J connectivity index is 2.02. The molecule has 2 atom stereocenters. The van der Waals surface area contributed by atoms with Gasteiger partial charge in [0, 0.05) is 25.8 Å². The van der Waals surface area contributed by atoms with Gasteiger partial charge in [0.2, 0.25) is 0 Å². The van der Waals surface area contributed by atoms with Crippen LogP contribution in [0.5, 0.6) is 0 Å². The number of likely N-dealkylation sites (N-methyl/N-ethyl adjacent to an activating group) is 1. The van der Waals surface area contributed by atoms with Gasteiger partial charge >= 0.3 is 16.5 Å². The van der Waals surface area contributed by atoms with Crippen LogP contribution >= 0.6 is 11.6 Å². The number of aromatic nitrogens is 1. The Morgan fingerprint density at radius 2 is 1.97 bits per heavy atom. The number of pyridine rings is 1. The summed E-state index contributed by atoms with van der Waals surface area (Å²) in [5.41, 5.74) is -1.62. The number of hydrogen-bond donors (Lipinski definition) is 2. The lowest BCUT2D eigenvalue weighted by Gasteiger charge is -2.31. The largest absolute Gasteiger partial charge is 0.416 e. The van der Waals surface area contributed by atoms with Crippen LogP contribution in [-0.2, 0) is 25.5 Å². The Kier molecular flexibility index (Phi) is 8.31. The molecule has 1 aromatic carbocycles. The van der Waals surface area contributed by atoms with E-state index < -0.39 is 75.1 Å². The van der Waals surface area contributed by atoms with Gasteiger partial charge in [-0.3, -0.25) is 13.9 Å².